The number of fused-ring (bicyclic) bond motifs is 3. The van der Waals surface area contributed by atoms with Crippen molar-refractivity contribution in [2.75, 3.05) is 5.43 Å². The zero-order valence-corrected chi connectivity index (χ0v) is 17.0. The summed E-state index contributed by atoms with van der Waals surface area (Å²) in [5, 5.41) is 9.58. The quantitative estimate of drug-likeness (QED) is 0.266. The van der Waals surface area contributed by atoms with Crippen LogP contribution in [0, 0.1) is 6.92 Å². The maximum atomic E-state index is 5.90. The lowest BCUT2D eigenvalue weighted by molar-refractivity contribution is 0.669. The summed E-state index contributed by atoms with van der Waals surface area (Å²) in [5.41, 5.74) is 10.1. The van der Waals surface area contributed by atoms with Crippen molar-refractivity contribution in [2.45, 2.75) is 13.8 Å². The van der Waals surface area contributed by atoms with E-state index in [1.807, 2.05) is 42.6 Å². The van der Waals surface area contributed by atoms with Gasteiger partial charge in [0.2, 0.25) is 5.13 Å². The molecule has 0 saturated carbocycles. The molecule has 3 aromatic carbocycles. The number of para-hydroxylation sites is 1. The molecule has 0 spiro atoms. The van der Waals surface area contributed by atoms with Crippen LogP contribution in [0.1, 0.15) is 18.1 Å². The summed E-state index contributed by atoms with van der Waals surface area (Å²) >= 11 is 1.55. The van der Waals surface area contributed by atoms with Crippen LogP contribution in [0.25, 0.3) is 33.2 Å². The highest BCUT2D eigenvalue weighted by Crippen LogP contribution is 2.29. The summed E-state index contributed by atoms with van der Waals surface area (Å²) in [7, 11) is 0. The van der Waals surface area contributed by atoms with Crippen molar-refractivity contribution >= 4 is 44.1 Å². The average Bonchev–Trinajstić information content (AvgIpc) is 3.37. The van der Waals surface area contributed by atoms with Crippen molar-refractivity contribution in [1.82, 2.24) is 4.98 Å². The first kappa shape index (κ1) is 17.6. The molecule has 0 saturated heterocycles. The summed E-state index contributed by atoms with van der Waals surface area (Å²) in [6.07, 6.45) is 0. The molecular weight excluding hydrogens is 378 g/mol. The van der Waals surface area contributed by atoms with Gasteiger partial charge in [-0.3, -0.25) is 5.43 Å². The number of aromatic nitrogens is 1. The normalized spacial score (nSPS) is 12.0. The molecule has 0 aliphatic rings. The zero-order valence-electron chi connectivity index (χ0n) is 16.1. The van der Waals surface area contributed by atoms with E-state index in [2.05, 4.69) is 58.8 Å². The number of nitrogens with zero attached hydrogens (tertiary/aromatic N) is 2. The predicted octanol–water partition coefficient (Wildman–Crippen LogP) is 6.85. The van der Waals surface area contributed by atoms with E-state index in [1.165, 1.54) is 5.56 Å². The molecule has 142 valence electrons. The molecule has 0 radical (unpaired) electrons. The summed E-state index contributed by atoms with van der Waals surface area (Å²) in [4.78, 5) is 4.64. The minimum atomic E-state index is 0.773. The zero-order chi connectivity index (χ0) is 19.8. The Kier molecular flexibility index (Phi) is 4.37. The standard InChI is InChI=1S/C24H19N3OS/c1-15-7-9-17(10-8-15)21-14-29-24(25-21)27-26-16(2)18-11-12-23-20(13-18)19-5-3-4-6-22(19)28-23/h3-14H,1-2H3,(H,25,27). The fourth-order valence-corrected chi connectivity index (χ4v) is 3.99. The highest BCUT2D eigenvalue weighted by atomic mass is 32.1. The van der Waals surface area contributed by atoms with E-state index < -0.39 is 0 Å². The minimum Gasteiger partial charge on any atom is -0.456 e. The number of hydrogen-bond donors (Lipinski definition) is 1. The van der Waals surface area contributed by atoms with E-state index in [0.717, 1.165) is 49.6 Å². The van der Waals surface area contributed by atoms with E-state index in [4.69, 9.17) is 4.42 Å². The number of hydrazone groups is 1. The van der Waals surface area contributed by atoms with Crippen molar-refractivity contribution in [3.8, 4) is 11.3 Å². The van der Waals surface area contributed by atoms with Crippen LogP contribution in [0.15, 0.2) is 81.6 Å². The number of aryl methyl sites for hydroxylation is 1. The minimum absolute atomic E-state index is 0.773. The summed E-state index contributed by atoms with van der Waals surface area (Å²) in [6, 6.07) is 22.6. The lowest BCUT2D eigenvalue weighted by atomic mass is 10.1. The van der Waals surface area contributed by atoms with Gasteiger partial charge in [0.05, 0.1) is 11.4 Å². The summed E-state index contributed by atoms with van der Waals surface area (Å²) in [5.74, 6) is 0. The van der Waals surface area contributed by atoms with E-state index >= 15 is 0 Å². The fraction of sp³-hybridized carbons (Fsp3) is 0.0833. The van der Waals surface area contributed by atoms with Crippen LogP contribution in [0.5, 0.6) is 0 Å². The summed E-state index contributed by atoms with van der Waals surface area (Å²) < 4.78 is 5.90. The van der Waals surface area contributed by atoms with Crippen molar-refractivity contribution in [1.29, 1.82) is 0 Å². The molecule has 4 nitrogen and oxygen atoms in total. The first-order valence-electron chi connectivity index (χ1n) is 9.42. The van der Waals surface area contributed by atoms with Gasteiger partial charge in [0.1, 0.15) is 11.2 Å². The average molecular weight is 398 g/mol. The number of anilines is 1. The predicted molar refractivity (Wildman–Crippen MR) is 122 cm³/mol. The summed E-state index contributed by atoms with van der Waals surface area (Å²) in [6.45, 7) is 4.07. The second-order valence-electron chi connectivity index (χ2n) is 7.02. The maximum absolute atomic E-state index is 5.90. The van der Waals surface area contributed by atoms with Crippen LogP contribution < -0.4 is 5.43 Å². The third kappa shape index (κ3) is 3.41. The van der Waals surface area contributed by atoms with Gasteiger partial charge >= 0.3 is 0 Å². The Morgan fingerprint density at radius 2 is 1.76 bits per heavy atom. The lowest BCUT2D eigenvalue weighted by Crippen LogP contribution is -1.99. The Morgan fingerprint density at radius 1 is 0.966 bits per heavy atom. The molecule has 0 aliphatic heterocycles. The smallest absolute Gasteiger partial charge is 0.203 e. The van der Waals surface area contributed by atoms with Crippen LogP contribution in [-0.2, 0) is 0 Å². The Labute approximate surface area is 172 Å². The van der Waals surface area contributed by atoms with E-state index in [-0.39, 0.29) is 0 Å². The van der Waals surface area contributed by atoms with Gasteiger partial charge in [0.15, 0.2) is 0 Å². The van der Waals surface area contributed by atoms with Crippen molar-refractivity contribution in [3.63, 3.8) is 0 Å². The van der Waals surface area contributed by atoms with Gasteiger partial charge in [-0.25, -0.2) is 4.98 Å². The largest absolute Gasteiger partial charge is 0.456 e. The van der Waals surface area contributed by atoms with Crippen molar-refractivity contribution in [3.05, 3.63) is 83.2 Å². The molecule has 2 heterocycles. The maximum Gasteiger partial charge on any atom is 0.203 e. The van der Waals surface area contributed by atoms with Gasteiger partial charge in [-0.2, -0.15) is 5.10 Å². The number of rotatable bonds is 4. The van der Waals surface area contributed by atoms with Crippen LogP contribution >= 0.6 is 11.3 Å². The third-order valence-corrected chi connectivity index (χ3v) is 5.71. The molecule has 29 heavy (non-hydrogen) atoms. The molecule has 0 bridgehead atoms. The van der Waals surface area contributed by atoms with Crippen LogP contribution in [0.4, 0.5) is 5.13 Å². The van der Waals surface area contributed by atoms with Crippen molar-refractivity contribution < 1.29 is 4.42 Å². The van der Waals surface area contributed by atoms with Gasteiger partial charge in [-0.1, -0.05) is 48.0 Å². The molecule has 5 heteroatoms. The number of furan rings is 1. The van der Waals surface area contributed by atoms with Crippen LogP contribution in [-0.4, -0.2) is 10.7 Å². The number of hydrogen-bond acceptors (Lipinski definition) is 5. The molecule has 0 fully saturated rings. The number of benzene rings is 3. The Balaban J connectivity index is 1.40. The SMILES string of the molecule is CC(=NNc1nc(-c2ccc(C)cc2)cs1)c1ccc2oc3ccccc3c2c1. The molecule has 5 aromatic rings. The Morgan fingerprint density at radius 3 is 2.62 bits per heavy atom. The highest BCUT2D eigenvalue weighted by Gasteiger charge is 2.09. The van der Waals surface area contributed by atoms with Gasteiger partial charge in [-0.05, 0) is 43.7 Å². The molecule has 0 amide bonds. The van der Waals surface area contributed by atoms with Crippen LogP contribution in [0.3, 0.4) is 0 Å². The molecule has 2 aromatic heterocycles. The fourth-order valence-electron chi connectivity index (χ4n) is 3.33. The van der Waals surface area contributed by atoms with E-state index in [1.54, 1.807) is 11.3 Å². The van der Waals surface area contributed by atoms with E-state index in [9.17, 15) is 0 Å². The lowest BCUT2D eigenvalue weighted by Gasteiger charge is -2.02. The number of nitrogens with one attached hydrogen (secondary N) is 1. The van der Waals surface area contributed by atoms with Gasteiger partial charge < -0.3 is 4.42 Å². The Bertz CT molecular complexity index is 1350. The molecule has 0 atom stereocenters. The van der Waals surface area contributed by atoms with Gasteiger partial charge in [0, 0.05) is 21.7 Å². The first-order valence-corrected chi connectivity index (χ1v) is 10.3. The van der Waals surface area contributed by atoms with E-state index in [0.29, 0.717) is 0 Å². The molecule has 5 rings (SSSR count). The van der Waals surface area contributed by atoms with Gasteiger partial charge in [0.25, 0.3) is 0 Å². The topological polar surface area (TPSA) is 50.4 Å². The first-order chi connectivity index (χ1) is 14.2. The molecule has 0 unspecified atom stereocenters. The molecule has 1 N–H and O–H groups in total. The monoisotopic (exact) mass is 397 g/mol. The highest BCUT2D eigenvalue weighted by molar-refractivity contribution is 7.14. The molecule has 0 aliphatic carbocycles. The number of thiazole rings is 1. The molecular formula is C24H19N3OS. The second-order valence-corrected chi connectivity index (χ2v) is 7.88. The van der Waals surface area contributed by atoms with Crippen LogP contribution in [0.2, 0.25) is 0 Å². The Hall–Kier alpha value is -3.44. The van der Waals surface area contributed by atoms with Crippen molar-refractivity contribution in [2.24, 2.45) is 5.10 Å². The third-order valence-electron chi connectivity index (χ3n) is 4.97. The van der Waals surface area contributed by atoms with Gasteiger partial charge in [-0.15, -0.1) is 11.3 Å². The second kappa shape index (κ2) is 7.18.